The Labute approximate surface area is 200 Å². The van der Waals surface area contributed by atoms with Gasteiger partial charge in [0, 0.05) is 19.2 Å². The lowest BCUT2D eigenvalue weighted by Crippen LogP contribution is -2.32. The van der Waals surface area contributed by atoms with Gasteiger partial charge in [-0.25, -0.2) is 0 Å². The summed E-state index contributed by atoms with van der Waals surface area (Å²) < 4.78 is 16.8. The Balaban J connectivity index is 2.12. The Morgan fingerprint density at radius 2 is 1.74 bits per heavy atom. The Hall–Kier alpha value is -3.32. The first-order chi connectivity index (χ1) is 16.1. The van der Waals surface area contributed by atoms with E-state index < -0.39 is 17.7 Å². The number of benzene rings is 2. The minimum Gasteiger partial charge on any atom is -0.507 e. The van der Waals surface area contributed by atoms with Crippen molar-refractivity contribution < 1.29 is 28.9 Å². The molecule has 2 aromatic carbocycles. The zero-order chi connectivity index (χ0) is 25.0. The lowest BCUT2D eigenvalue weighted by Gasteiger charge is -2.25. The molecule has 1 atom stereocenters. The summed E-state index contributed by atoms with van der Waals surface area (Å²) in [5.74, 6) is -0.306. The van der Waals surface area contributed by atoms with Crippen molar-refractivity contribution in [1.82, 2.24) is 4.90 Å². The number of Topliss-reactive ketones (excluding diaryl/α,β-unsaturated/α-hetero) is 1. The molecule has 2 aromatic rings. The largest absolute Gasteiger partial charge is 0.507 e. The van der Waals surface area contributed by atoms with Crippen LogP contribution in [0.4, 0.5) is 0 Å². The number of likely N-dealkylation sites (tertiary alicyclic amines) is 1. The molecule has 1 saturated heterocycles. The van der Waals surface area contributed by atoms with Gasteiger partial charge in [-0.15, -0.1) is 0 Å². The van der Waals surface area contributed by atoms with E-state index in [1.54, 1.807) is 24.3 Å². The van der Waals surface area contributed by atoms with E-state index in [1.807, 2.05) is 52.8 Å². The Morgan fingerprint density at radius 1 is 1.03 bits per heavy atom. The van der Waals surface area contributed by atoms with Crippen LogP contribution in [0.3, 0.4) is 0 Å². The van der Waals surface area contributed by atoms with Gasteiger partial charge in [0.05, 0.1) is 30.4 Å². The number of amides is 1. The topological polar surface area (TPSA) is 85.3 Å². The number of carbonyl (C=O) groups excluding carboxylic acids is 2. The SMILES string of the molecule is COCCN1C(=O)C(=O)/C(=C(/O)c2ccc(OC(C)C)c(C)c2)C1c1cccc(OC(C)C)c1. The molecule has 0 aromatic heterocycles. The normalized spacial score (nSPS) is 17.6. The number of hydrogen-bond acceptors (Lipinski definition) is 6. The van der Waals surface area contributed by atoms with Crippen molar-refractivity contribution >= 4 is 17.4 Å². The van der Waals surface area contributed by atoms with E-state index >= 15 is 0 Å². The highest BCUT2D eigenvalue weighted by molar-refractivity contribution is 6.46. The predicted molar refractivity (Wildman–Crippen MR) is 130 cm³/mol. The van der Waals surface area contributed by atoms with Crippen LogP contribution in [0.15, 0.2) is 48.0 Å². The van der Waals surface area contributed by atoms with E-state index in [1.165, 1.54) is 12.0 Å². The van der Waals surface area contributed by atoms with Crippen LogP contribution in [0, 0.1) is 6.92 Å². The van der Waals surface area contributed by atoms with Gasteiger partial charge in [-0.2, -0.15) is 0 Å². The summed E-state index contributed by atoms with van der Waals surface area (Å²) in [5, 5.41) is 11.3. The number of ketones is 1. The third kappa shape index (κ3) is 5.42. The Morgan fingerprint density at radius 3 is 2.35 bits per heavy atom. The number of ether oxygens (including phenoxy) is 3. The first-order valence-corrected chi connectivity index (χ1v) is 11.5. The molecular formula is C27H33NO6. The number of aliphatic hydroxyl groups is 1. The van der Waals surface area contributed by atoms with Crippen molar-refractivity contribution in [1.29, 1.82) is 0 Å². The molecule has 1 amide bonds. The monoisotopic (exact) mass is 467 g/mol. The van der Waals surface area contributed by atoms with E-state index in [9.17, 15) is 14.7 Å². The number of aryl methyl sites for hydroxylation is 1. The third-order valence-corrected chi connectivity index (χ3v) is 5.43. The van der Waals surface area contributed by atoms with Gasteiger partial charge >= 0.3 is 0 Å². The lowest BCUT2D eigenvalue weighted by molar-refractivity contribution is -0.140. The van der Waals surface area contributed by atoms with Gasteiger partial charge in [-0.05, 0) is 76.1 Å². The average Bonchev–Trinajstić information content (AvgIpc) is 3.02. The molecule has 0 spiro atoms. The van der Waals surface area contributed by atoms with Gasteiger partial charge in [0.1, 0.15) is 17.3 Å². The number of methoxy groups -OCH3 is 1. The van der Waals surface area contributed by atoms with Crippen LogP contribution in [0.25, 0.3) is 5.76 Å². The quantitative estimate of drug-likeness (QED) is 0.329. The minimum absolute atomic E-state index is 0.00425. The average molecular weight is 468 g/mol. The van der Waals surface area contributed by atoms with Gasteiger partial charge in [0.25, 0.3) is 11.7 Å². The maximum atomic E-state index is 13.1. The zero-order valence-corrected chi connectivity index (χ0v) is 20.6. The number of rotatable bonds is 9. The second kappa shape index (κ2) is 10.7. The lowest BCUT2D eigenvalue weighted by atomic mass is 9.94. The predicted octanol–water partition coefficient (Wildman–Crippen LogP) is 4.64. The molecule has 7 heteroatoms. The van der Waals surface area contributed by atoms with E-state index in [2.05, 4.69) is 0 Å². The molecule has 0 aliphatic carbocycles. The van der Waals surface area contributed by atoms with Gasteiger partial charge < -0.3 is 24.2 Å². The summed E-state index contributed by atoms with van der Waals surface area (Å²) >= 11 is 0. The summed E-state index contributed by atoms with van der Waals surface area (Å²) in [5.41, 5.74) is 1.97. The maximum absolute atomic E-state index is 13.1. The van der Waals surface area contributed by atoms with Crippen LogP contribution >= 0.6 is 0 Å². The minimum atomic E-state index is -0.766. The summed E-state index contributed by atoms with van der Waals surface area (Å²) in [7, 11) is 1.53. The molecule has 182 valence electrons. The molecule has 7 nitrogen and oxygen atoms in total. The van der Waals surface area contributed by atoms with Gasteiger partial charge in [-0.1, -0.05) is 12.1 Å². The Kier molecular flexibility index (Phi) is 7.99. The Bertz CT molecular complexity index is 1090. The van der Waals surface area contributed by atoms with Gasteiger partial charge in [-0.3, -0.25) is 9.59 Å². The van der Waals surface area contributed by atoms with Crippen molar-refractivity contribution in [3.05, 3.63) is 64.7 Å². The second-order valence-electron chi connectivity index (χ2n) is 8.87. The summed E-state index contributed by atoms with van der Waals surface area (Å²) in [6.45, 7) is 10.1. The van der Waals surface area contributed by atoms with Crippen molar-refractivity contribution in [3.8, 4) is 11.5 Å². The van der Waals surface area contributed by atoms with Crippen LogP contribution in [-0.2, 0) is 14.3 Å². The maximum Gasteiger partial charge on any atom is 0.295 e. The molecule has 34 heavy (non-hydrogen) atoms. The molecule has 0 bridgehead atoms. The first-order valence-electron chi connectivity index (χ1n) is 11.5. The van der Waals surface area contributed by atoms with E-state index in [0.29, 0.717) is 22.6 Å². The van der Waals surface area contributed by atoms with E-state index in [4.69, 9.17) is 14.2 Å². The molecule has 3 rings (SSSR count). The first kappa shape index (κ1) is 25.3. The van der Waals surface area contributed by atoms with Crippen molar-refractivity contribution in [2.75, 3.05) is 20.3 Å². The molecule has 1 heterocycles. The molecule has 0 saturated carbocycles. The van der Waals surface area contributed by atoms with Crippen molar-refractivity contribution in [3.63, 3.8) is 0 Å². The van der Waals surface area contributed by atoms with Crippen LogP contribution < -0.4 is 9.47 Å². The summed E-state index contributed by atoms with van der Waals surface area (Å²) in [4.78, 5) is 27.5. The summed E-state index contributed by atoms with van der Waals surface area (Å²) in [6.07, 6.45) is -0.0331. The number of aliphatic hydroxyl groups excluding tert-OH is 1. The fourth-order valence-electron chi connectivity index (χ4n) is 4.02. The molecule has 0 radical (unpaired) electrons. The molecule has 1 N–H and O–H groups in total. The van der Waals surface area contributed by atoms with Crippen LogP contribution in [0.5, 0.6) is 11.5 Å². The summed E-state index contributed by atoms with van der Waals surface area (Å²) in [6, 6.07) is 11.7. The van der Waals surface area contributed by atoms with Crippen molar-refractivity contribution in [2.24, 2.45) is 0 Å². The molecule has 1 aliphatic heterocycles. The number of hydrogen-bond donors (Lipinski definition) is 1. The number of nitrogens with zero attached hydrogens (tertiary/aromatic N) is 1. The van der Waals surface area contributed by atoms with Crippen LogP contribution in [0.1, 0.15) is 50.4 Å². The second-order valence-corrected chi connectivity index (χ2v) is 8.87. The molecule has 1 unspecified atom stereocenters. The van der Waals surface area contributed by atoms with Crippen LogP contribution in [-0.4, -0.2) is 54.2 Å². The molecular weight excluding hydrogens is 434 g/mol. The van der Waals surface area contributed by atoms with Gasteiger partial charge in [0.15, 0.2) is 0 Å². The molecule has 1 fully saturated rings. The zero-order valence-electron chi connectivity index (χ0n) is 20.6. The fourth-order valence-corrected chi connectivity index (χ4v) is 4.02. The standard InChI is InChI=1S/C27H33NO6/c1-16(2)33-21-9-7-8-19(15-21)24-23(26(30)27(31)28(24)12-13-32-6)25(29)20-10-11-22(18(5)14-20)34-17(3)4/h7-11,14-17,24,29H,12-13H2,1-6H3/b25-23+. The van der Waals surface area contributed by atoms with E-state index in [-0.39, 0.29) is 36.7 Å². The van der Waals surface area contributed by atoms with Crippen LogP contribution in [0.2, 0.25) is 0 Å². The van der Waals surface area contributed by atoms with E-state index in [0.717, 1.165) is 5.56 Å². The smallest absolute Gasteiger partial charge is 0.295 e. The van der Waals surface area contributed by atoms with Gasteiger partial charge in [0.2, 0.25) is 0 Å². The van der Waals surface area contributed by atoms with Crippen molar-refractivity contribution in [2.45, 2.75) is 52.9 Å². The third-order valence-electron chi connectivity index (χ3n) is 5.43. The highest BCUT2D eigenvalue weighted by Crippen LogP contribution is 2.40. The highest BCUT2D eigenvalue weighted by Gasteiger charge is 2.46. The molecule has 1 aliphatic rings. The fraction of sp³-hybridized carbons (Fsp3) is 0.407. The number of carbonyl (C=O) groups is 2. The highest BCUT2D eigenvalue weighted by atomic mass is 16.5.